The van der Waals surface area contributed by atoms with E-state index in [1.54, 1.807) is 24.3 Å². The van der Waals surface area contributed by atoms with E-state index in [4.69, 9.17) is 5.73 Å². The lowest BCUT2D eigenvalue weighted by Crippen LogP contribution is -2.11. The Labute approximate surface area is 150 Å². The van der Waals surface area contributed by atoms with Crippen LogP contribution in [0.4, 0.5) is 23.4 Å². The van der Waals surface area contributed by atoms with E-state index in [9.17, 15) is 4.79 Å². The minimum absolute atomic E-state index is 0.0375. The molecule has 0 fully saturated rings. The molecule has 5 N–H and O–H groups in total. The molecule has 1 aromatic carbocycles. The topological polar surface area (TPSA) is 134 Å². The number of aromatic amines is 1. The number of rotatable bonds is 5. The maximum Gasteiger partial charge on any atom is 0.248 e. The van der Waals surface area contributed by atoms with Crippen molar-refractivity contribution in [2.24, 2.45) is 5.73 Å². The lowest BCUT2D eigenvalue weighted by Gasteiger charge is -2.14. The molecule has 26 heavy (non-hydrogen) atoms. The number of carbonyl (C=O) groups is 1. The molecule has 0 spiro atoms. The summed E-state index contributed by atoms with van der Waals surface area (Å²) in [6.45, 7) is 6.28. The quantitative estimate of drug-likeness (QED) is 0.554. The van der Waals surface area contributed by atoms with Crippen LogP contribution in [0.5, 0.6) is 0 Å². The zero-order chi connectivity index (χ0) is 18.7. The van der Waals surface area contributed by atoms with Gasteiger partial charge in [0.2, 0.25) is 17.8 Å². The number of nitrogens with zero attached hydrogens (tertiary/aromatic N) is 4. The number of carbonyl (C=O) groups excluding carboxylic acids is 1. The lowest BCUT2D eigenvalue weighted by molar-refractivity contribution is 0.100. The van der Waals surface area contributed by atoms with Crippen molar-refractivity contribution in [3.8, 4) is 0 Å². The van der Waals surface area contributed by atoms with E-state index in [1.165, 1.54) is 6.33 Å². The van der Waals surface area contributed by atoms with E-state index < -0.39 is 5.91 Å². The van der Waals surface area contributed by atoms with E-state index in [0.29, 0.717) is 29.0 Å². The standard InChI is InChI=1S/C17H20N8O/c1-17(2,3)12-8-13(25-24-12)22-16-20-9-19-15(23-16)21-11-6-4-5-10(7-11)14(18)26/h4-9H,1-3H3,(H2,18,26)(H3,19,20,21,22,23,24,25). The summed E-state index contributed by atoms with van der Waals surface area (Å²) in [4.78, 5) is 23.7. The minimum atomic E-state index is -0.500. The molecular formula is C17H20N8O. The van der Waals surface area contributed by atoms with Gasteiger partial charge < -0.3 is 16.4 Å². The van der Waals surface area contributed by atoms with Gasteiger partial charge in [-0.3, -0.25) is 9.89 Å². The number of H-pyrrole nitrogens is 1. The van der Waals surface area contributed by atoms with Crippen molar-refractivity contribution in [2.45, 2.75) is 26.2 Å². The third kappa shape index (κ3) is 4.12. The molecule has 3 rings (SSSR count). The Morgan fingerprint density at radius 3 is 2.50 bits per heavy atom. The highest BCUT2D eigenvalue weighted by atomic mass is 16.1. The van der Waals surface area contributed by atoms with Crippen LogP contribution >= 0.6 is 0 Å². The molecule has 0 atom stereocenters. The number of hydrogen-bond acceptors (Lipinski definition) is 7. The van der Waals surface area contributed by atoms with Crippen LogP contribution in [-0.2, 0) is 5.41 Å². The Morgan fingerprint density at radius 1 is 1.12 bits per heavy atom. The Kier molecular flexibility index (Phi) is 4.53. The maximum absolute atomic E-state index is 11.3. The first-order valence-corrected chi connectivity index (χ1v) is 8.00. The monoisotopic (exact) mass is 352 g/mol. The first-order chi connectivity index (χ1) is 12.3. The number of primary amides is 1. The summed E-state index contributed by atoms with van der Waals surface area (Å²) >= 11 is 0. The van der Waals surface area contributed by atoms with Crippen LogP contribution in [-0.4, -0.2) is 31.1 Å². The van der Waals surface area contributed by atoms with Gasteiger partial charge in [-0.2, -0.15) is 10.1 Å². The first-order valence-electron chi connectivity index (χ1n) is 8.00. The average Bonchev–Trinajstić information content (AvgIpc) is 3.04. The molecule has 1 amide bonds. The molecule has 9 nitrogen and oxygen atoms in total. The highest BCUT2D eigenvalue weighted by Crippen LogP contribution is 2.23. The van der Waals surface area contributed by atoms with Gasteiger partial charge in [-0.25, -0.2) is 9.97 Å². The molecule has 0 saturated heterocycles. The zero-order valence-electron chi connectivity index (χ0n) is 14.7. The van der Waals surface area contributed by atoms with Crippen molar-refractivity contribution in [1.29, 1.82) is 0 Å². The van der Waals surface area contributed by atoms with Crippen molar-refractivity contribution in [3.63, 3.8) is 0 Å². The van der Waals surface area contributed by atoms with E-state index in [1.807, 2.05) is 6.07 Å². The molecule has 2 aromatic heterocycles. The van der Waals surface area contributed by atoms with Gasteiger partial charge >= 0.3 is 0 Å². The van der Waals surface area contributed by atoms with Crippen molar-refractivity contribution in [3.05, 3.63) is 47.9 Å². The zero-order valence-corrected chi connectivity index (χ0v) is 14.7. The van der Waals surface area contributed by atoms with Crippen LogP contribution in [0.25, 0.3) is 0 Å². The second-order valence-electron chi connectivity index (χ2n) is 6.74. The van der Waals surface area contributed by atoms with E-state index >= 15 is 0 Å². The highest BCUT2D eigenvalue weighted by molar-refractivity contribution is 5.93. The van der Waals surface area contributed by atoms with Gasteiger partial charge in [-0.1, -0.05) is 26.8 Å². The van der Waals surface area contributed by atoms with Crippen molar-refractivity contribution >= 4 is 29.3 Å². The Hall–Kier alpha value is -3.49. The number of amides is 1. The number of aromatic nitrogens is 5. The SMILES string of the molecule is CC(C)(C)c1cc(Nc2ncnc(Nc3cccc(C(N)=O)c3)n2)n[nH]1. The minimum Gasteiger partial charge on any atom is -0.366 e. The fraction of sp³-hybridized carbons (Fsp3) is 0.235. The largest absolute Gasteiger partial charge is 0.366 e. The number of hydrogen-bond donors (Lipinski definition) is 4. The molecule has 134 valence electrons. The van der Waals surface area contributed by atoms with E-state index in [0.717, 1.165) is 5.69 Å². The smallest absolute Gasteiger partial charge is 0.248 e. The number of nitrogens with one attached hydrogen (secondary N) is 3. The fourth-order valence-electron chi connectivity index (χ4n) is 2.18. The molecule has 0 aliphatic carbocycles. The number of anilines is 4. The Bertz CT molecular complexity index is 928. The van der Waals surface area contributed by atoms with Gasteiger partial charge in [0.15, 0.2) is 5.82 Å². The number of nitrogens with two attached hydrogens (primary N) is 1. The summed E-state index contributed by atoms with van der Waals surface area (Å²) in [5, 5.41) is 13.3. The second-order valence-corrected chi connectivity index (χ2v) is 6.74. The molecular weight excluding hydrogens is 332 g/mol. The van der Waals surface area contributed by atoms with Crippen LogP contribution in [0.1, 0.15) is 36.8 Å². The van der Waals surface area contributed by atoms with Gasteiger partial charge in [-0.05, 0) is 18.2 Å². The molecule has 3 aromatic rings. The molecule has 0 bridgehead atoms. The summed E-state index contributed by atoms with van der Waals surface area (Å²) in [5.41, 5.74) is 7.29. The van der Waals surface area contributed by atoms with Gasteiger partial charge in [0, 0.05) is 28.4 Å². The summed E-state index contributed by atoms with van der Waals surface area (Å²) in [7, 11) is 0. The number of benzene rings is 1. The van der Waals surface area contributed by atoms with Crippen LogP contribution in [0.2, 0.25) is 0 Å². The van der Waals surface area contributed by atoms with Crippen molar-refractivity contribution in [1.82, 2.24) is 25.1 Å². The first kappa shape index (κ1) is 17.3. The van der Waals surface area contributed by atoms with E-state index in [-0.39, 0.29) is 5.41 Å². The van der Waals surface area contributed by atoms with Gasteiger partial charge in [0.1, 0.15) is 6.33 Å². The molecule has 0 aliphatic rings. The summed E-state index contributed by atoms with van der Waals surface area (Å²) in [5.74, 6) is 0.791. The third-order valence-electron chi connectivity index (χ3n) is 3.60. The Balaban J connectivity index is 1.75. The molecule has 0 aliphatic heterocycles. The molecule has 0 saturated carbocycles. The maximum atomic E-state index is 11.3. The van der Waals surface area contributed by atoms with Crippen LogP contribution < -0.4 is 16.4 Å². The van der Waals surface area contributed by atoms with Crippen LogP contribution in [0.3, 0.4) is 0 Å². The Morgan fingerprint density at radius 2 is 1.85 bits per heavy atom. The molecule has 0 unspecified atom stereocenters. The van der Waals surface area contributed by atoms with Gasteiger partial charge in [0.05, 0.1) is 0 Å². The van der Waals surface area contributed by atoms with Gasteiger partial charge in [0.25, 0.3) is 0 Å². The lowest BCUT2D eigenvalue weighted by atomic mass is 9.92. The highest BCUT2D eigenvalue weighted by Gasteiger charge is 2.17. The average molecular weight is 352 g/mol. The van der Waals surface area contributed by atoms with E-state index in [2.05, 4.69) is 56.6 Å². The van der Waals surface area contributed by atoms with Crippen molar-refractivity contribution < 1.29 is 4.79 Å². The summed E-state index contributed by atoms with van der Waals surface area (Å²) in [6, 6.07) is 8.68. The molecule has 0 radical (unpaired) electrons. The third-order valence-corrected chi connectivity index (χ3v) is 3.60. The molecule has 9 heteroatoms. The summed E-state index contributed by atoms with van der Waals surface area (Å²) < 4.78 is 0. The second kappa shape index (κ2) is 6.79. The van der Waals surface area contributed by atoms with Gasteiger partial charge in [-0.15, -0.1) is 0 Å². The fourth-order valence-corrected chi connectivity index (χ4v) is 2.18. The predicted octanol–water partition coefficient (Wildman–Crippen LogP) is 2.48. The predicted molar refractivity (Wildman–Crippen MR) is 98.6 cm³/mol. The van der Waals surface area contributed by atoms with Crippen LogP contribution in [0.15, 0.2) is 36.7 Å². The molecule has 2 heterocycles. The van der Waals surface area contributed by atoms with Crippen LogP contribution in [0, 0.1) is 0 Å². The summed E-state index contributed by atoms with van der Waals surface area (Å²) in [6.07, 6.45) is 1.38. The normalized spacial score (nSPS) is 11.2. The van der Waals surface area contributed by atoms with Crippen molar-refractivity contribution in [2.75, 3.05) is 10.6 Å².